The minimum absolute atomic E-state index is 0.732. The largest absolute Gasteiger partial charge is 0.353 e. The number of halogens is 1. The van der Waals surface area contributed by atoms with Crippen LogP contribution in [0.2, 0.25) is 0 Å². The molecule has 21 heavy (non-hydrogen) atoms. The van der Waals surface area contributed by atoms with Crippen LogP contribution < -0.4 is 4.90 Å². The van der Waals surface area contributed by atoms with Crippen LogP contribution in [0, 0.1) is 0 Å². The van der Waals surface area contributed by atoms with E-state index in [0.29, 0.717) is 0 Å². The fourth-order valence-electron chi connectivity index (χ4n) is 3.71. The van der Waals surface area contributed by atoms with Crippen molar-refractivity contribution in [3.05, 3.63) is 35.9 Å². The average molecular weight is 346 g/mol. The van der Waals surface area contributed by atoms with Gasteiger partial charge in [0.25, 0.3) is 0 Å². The zero-order valence-electron chi connectivity index (χ0n) is 12.1. The SMILES string of the molecule is BrCc1cc2ccccc2nc1N1CCN2CCCC2C1. The van der Waals surface area contributed by atoms with Gasteiger partial charge in [-0.1, -0.05) is 34.1 Å². The molecule has 0 bridgehead atoms. The lowest BCUT2D eigenvalue weighted by Crippen LogP contribution is -2.50. The van der Waals surface area contributed by atoms with Crippen LogP contribution in [0.5, 0.6) is 0 Å². The molecule has 1 aromatic carbocycles. The number of aromatic nitrogens is 1. The Kier molecular flexibility index (Phi) is 3.59. The molecular formula is C17H20BrN3. The van der Waals surface area contributed by atoms with Crippen molar-refractivity contribution < 1.29 is 0 Å². The number of para-hydroxylation sites is 1. The Hall–Kier alpha value is -1.13. The maximum Gasteiger partial charge on any atom is 0.133 e. The molecule has 0 N–H and O–H groups in total. The number of hydrogen-bond acceptors (Lipinski definition) is 3. The summed E-state index contributed by atoms with van der Waals surface area (Å²) >= 11 is 3.64. The van der Waals surface area contributed by atoms with E-state index in [1.54, 1.807) is 0 Å². The summed E-state index contributed by atoms with van der Waals surface area (Å²) in [6.45, 7) is 4.70. The molecule has 2 aliphatic heterocycles. The van der Waals surface area contributed by atoms with Gasteiger partial charge in [0.1, 0.15) is 5.82 Å². The van der Waals surface area contributed by atoms with Crippen LogP contribution in [-0.4, -0.2) is 42.1 Å². The van der Waals surface area contributed by atoms with Gasteiger partial charge in [-0.05, 0) is 31.5 Å². The second-order valence-corrected chi connectivity index (χ2v) is 6.64. The zero-order valence-corrected chi connectivity index (χ0v) is 13.7. The van der Waals surface area contributed by atoms with Gasteiger partial charge in [0, 0.05) is 42.0 Å². The Morgan fingerprint density at radius 3 is 3.00 bits per heavy atom. The van der Waals surface area contributed by atoms with Gasteiger partial charge in [0.05, 0.1) is 5.52 Å². The molecule has 110 valence electrons. The molecule has 1 unspecified atom stereocenters. The van der Waals surface area contributed by atoms with Gasteiger partial charge in [0.15, 0.2) is 0 Å². The third-order valence-electron chi connectivity index (χ3n) is 4.81. The molecule has 2 aromatic rings. The van der Waals surface area contributed by atoms with Gasteiger partial charge in [-0.25, -0.2) is 4.98 Å². The van der Waals surface area contributed by atoms with Crippen LogP contribution in [0.1, 0.15) is 18.4 Å². The van der Waals surface area contributed by atoms with E-state index in [0.717, 1.165) is 30.0 Å². The van der Waals surface area contributed by atoms with Crippen molar-refractivity contribution in [2.24, 2.45) is 0 Å². The van der Waals surface area contributed by atoms with E-state index in [9.17, 15) is 0 Å². The predicted octanol–water partition coefficient (Wildman–Crippen LogP) is 3.41. The first-order chi connectivity index (χ1) is 10.3. The molecule has 1 aromatic heterocycles. The number of pyridine rings is 1. The number of nitrogens with zero attached hydrogens (tertiary/aromatic N) is 3. The van der Waals surface area contributed by atoms with Crippen molar-refractivity contribution in [3.8, 4) is 0 Å². The van der Waals surface area contributed by atoms with Crippen LogP contribution >= 0.6 is 15.9 Å². The maximum atomic E-state index is 4.96. The number of benzene rings is 1. The Balaban J connectivity index is 1.71. The second-order valence-electron chi connectivity index (χ2n) is 6.08. The van der Waals surface area contributed by atoms with E-state index >= 15 is 0 Å². The molecule has 1 atom stereocenters. The van der Waals surface area contributed by atoms with Gasteiger partial charge < -0.3 is 4.90 Å². The Bertz CT molecular complexity index is 658. The Morgan fingerprint density at radius 2 is 2.10 bits per heavy atom. The van der Waals surface area contributed by atoms with E-state index in [4.69, 9.17) is 4.98 Å². The molecule has 0 radical (unpaired) electrons. The van der Waals surface area contributed by atoms with Gasteiger partial charge in [-0.3, -0.25) is 4.90 Å². The molecule has 2 saturated heterocycles. The highest BCUT2D eigenvalue weighted by molar-refractivity contribution is 9.08. The van der Waals surface area contributed by atoms with E-state index < -0.39 is 0 Å². The van der Waals surface area contributed by atoms with Crippen molar-refractivity contribution in [1.82, 2.24) is 9.88 Å². The van der Waals surface area contributed by atoms with Gasteiger partial charge in [0.2, 0.25) is 0 Å². The highest BCUT2D eigenvalue weighted by atomic mass is 79.9. The predicted molar refractivity (Wildman–Crippen MR) is 91.2 cm³/mol. The van der Waals surface area contributed by atoms with Crippen LogP contribution in [0.3, 0.4) is 0 Å². The number of fused-ring (bicyclic) bond motifs is 2. The minimum atomic E-state index is 0.732. The van der Waals surface area contributed by atoms with Crippen molar-refractivity contribution in [1.29, 1.82) is 0 Å². The molecule has 0 aliphatic carbocycles. The minimum Gasteiger partial charge on any atom is -0.353 e. The number of hydrogen-bond donors (Lipinski definition) is 0. The highest BCUT2D eigenvalue weighted by Gasteiger charge is 2.31. The molecule has 4 heteroatoms. The first-order valence-corrected chi connectivity index (χ1v) is 8.91. The normalized spacial score (nSPS) is 22.7. The summed E-state index contributed by atoms with van der Waals surface area (Å²) < 4.78 is 0. The molecule has 3 nitrogen and oxygen atoms in total. The van der Waals surface area contributed by atoms with Crippen molar-refractivity contribution in [2.45, 2.75) is 24.2 Å². The lowest BCUT2D eigenvalue weighted by Gasteiger charge is -2.38. The third-order valence-corrected chi connectivity index (χ3v) is 5.42. The smallest absolute Gasteiger partial charge is 0.133 e. The topological polar surface area (TPSA) is 19.4 Å². The fourth-order valence-corrected chi connectivity index (χ4v) is 4.12. The van der Waals surface area contributed by atoms with Crippen LogP contribution in [0.15, 0.2) is 30.3 Å². The highest BCUT2D eigenvalue weighted by Crippen LogP contribution is 2.29. The van der Waals surface area contributed by atoms with Gasteiger partial charge in [-0.2, -0.15) is 0 Å². The average Bonchev–Trinajstić information content (AvgIpc) is 3.01. The molecule has 3 heterocycles. The van der Waals surface area contributed by atoms with E-state index in [-0.39, 0.29) is 0 Å². The maximum absolute atomic E-state index is 4.96. The standard InChI is InChI=1S/C17H20BrN3/c18-11-14-10-13-4-1-2-6-16(13)19-17(14)21-9-8-20-7-3-5-15(20)12-21/h1-2,4,6,10,15H,3,5,7-9,11-12H2. The first-order valence-electron chi connectivity index (χ1n) is 7.79. The van der Waals surface area contributed by atoms with E-state index in [2.05, 4.69) is 56.1 Å². The summed E-state index contributed by atoms with van der Waals surface area (Å²) in [5, 5.41) is 2.10. The van der Waals surface area contributed by atoms with Crippen molar-refractivity contribution in [3.63, 3.8) is 0 Å². The molecule has 4 rings (SSSR count). The van der Waals surface area contributed by atoms with Gasteiger partial charge >= 0.3 is 0 Å². The zero-order chi connectivity index (χ0) is 14.2. The number of rotatable bonds is 2. The van der Waals surface area contributed by atoms with E-state index in [1.165, 1.54) is 42.7 Å². The summed E-state index contributed by atoms with van der Waals surface area (Å²) in [5.41, 5.74) is 2.41. The Labute approximate surface area is 134 Å². The number of anilines is 1. The summed E-state index contributed by atoms with van der Waals surface area (Å²) in [4.78, 5) is 10.1. The third kappa shape index (κ3) is 2.44. The monoisotopic (exact) mass is 345 g/mol. The van der Waals surface area contributed by atoms with Crippen LogP contribution in [-0.2, 0) is 5.33 Å². The Morgan fingerprint density at radius 1 is 1.19 bits per heavy atom. The molecule has 2 aliphatic rings. The molecule has 0 amide bonds. The lowest BCUT2D eigenvalue weighted by molar-refractivity contribution is 0.230. The van der Waals surface area contributed by atoms with Crippen LogP contribution in [0.25, 0.3) is 10.9 Å². The quantitative estimate of drug-likeness (QED) is 0.777. The van der Waals surface area contributed by atoms with Crippen molar-refractivity contribution in [2.75, 3.05) is 31.1 Å². The summed E-state index contributed by atoms with van der Waals surface area (Å²) in [6, 6.07) is 11.4. The summed E-state index contributed by atoms with van der Waals surface area (Å²) in [6.07, 6.45) is 2.70. The second kappa shape index (κ2) is 5.58. The first kappa shape index (κ1) is 13.5. The summed E-state index contributed by atoms with van der Waals surface area (Å²) in [5.74, 6) is 1.18. The number of alkyl halides is 1. The lowest BCUT2D eigenvalue weighted by atomic mass is 10.1. The number of piperazine rings is 1. The van der Waals surface area contributed by atoms with Crippen molar-refractivity contribution >= 4 is 32.7 Å². The summed E-state index contributed by atoms with van der Waals surface area (Å²) in [7, 11) is 0. The molecular weight excluding hydrogens is 326 g/mol. The fraction of sp³-hybridized carbons (Fsp3) is 0.471. The van der Waals surface area contributed by atoms with Gasteiger partial charge in [-0.15, -0.1) is 0 Å². The van der Waals surface area contributed by atoms with E-state index in [1.807, 2.05) is 0 Å². The van der Waals surface area contributed by atoms with Crippen LogP contribution in [0.4, 0.5) is 5.82 Å². The molecule has 2 fully saturated rings. The molecule has 0 spiro atoms. The molecule has 0 saturated carbocycles.